The summed E-state index contributed by atoms with van der Waals surface area (Å²) in [4.78, 5) is 31.6. The van der Waals surface area contributed by atoms with Crippen molar-refractivity contribution < 1.29 is 14.3 Å². The van der Waals surface area contributed by atoms with Gasteiger partial charge in [-0.1, -0.05) is 18.2 Å². The summed E-state index contributed by atoms with van der Waals surface area (Å²) in [7, 11) is 0. The van der Waals surface area contributed by atoms with Crippen LogP contribution in [0.25, 0.3) is 22.6 Å². The monoisotopic (exact) mass is 557 g/mol. The first kappa shape index (κ1) is 26.6. The van der Waals surface area contributed by atoms with E-state index in [0.717, 1.165) is 12.8 Å². The number of hydrogen-bond donors (Lipinski definition) is 4. The normalized spacial score (nSPS) is 16.8. The van der Waals surface area contributed by atoms with Crippen molar-refractivity contribution in [1.82, 2.24) is 19.2 Å². The fourth-order valence-electron chi connectivity index (χ4n) is 5.78. The second-order valence-corrected chi connectivity index (χ2v) is 10.6. The minimum absolute atomic E-state index is 0.0755. The first-order valence-corrected chi connectivity index (χ1v) is 13.8. The van der Waals surface area contributed by atoms with Gasteiger partial charge in [0.05, 0.1) is 22.7 Å². The molecule has 2 aliphatic rings. The number of nitrogens with two attached hydrogens (primary N) is 1. The Balaban J connectivity index is 1.36. The third-order valence-corrected chi connectivity index (χ3v) is 7.49. The Kier molecular flexibility index (Phi) is 6.74. The van der Waals surface area contributed by atoms with E-state index in [1.807, 2.05) is 41.9 Å². The van der Waals surface area contributed by atoms with Crippen LogP contribution in [0.2, 0.25) is 0 Å². The molecular weight excluding hydrogens is 525 g/mol. The molecular formula is C30H32FN7O3. The summed E-state index contributed by atoms with van der Waals surface area (Å²) >= 11 is 0. The Hall–Kier alpha value is -4.64. The first-order chi connectivity index (χ1) is 19.7. The lowest BCUT2D eigenvalue weighted by atomic mass is 10.0. The minimum atomic E-state index is -0.644. The summed E-state index contributed by atoms with van der Waals surface area (Å²) in [6, 6.07) is 13.6. The van der Waals surface area contributed by atoms with Gasteiger partial charge >= 0.3 is 0 Å². The van der Waals surface area contributed by atoms with Gasteiger partial charge in [-0.2, -0.15) is 0 Å². The highest BCUT2D eigenvalue weighted by atomic mass is 19.1. The number of rotatable bonds is 6. The van der Waals surface area contributed by atoms with E-state index in [4.69, 9.17) is 5.73 Å². The van der Waals surface area contributed by atoms with Crippen LogP contribution in [0.15, 0.2) is 64.5 Å². The standard InChI is InChI=1S/C30H32FN7O3/c1-17(39)15-36-16-22(25-27(32)33-18(2)34-28(25)36)21-12-11-19(14-23(21)31)35-29(40)26-24-10-6-7-13-37(24)38(30(26)41)20-8-4-3-5-9-20/h3-5,8-9,11-12,14,16-18,33,39H,6-7,10,13,15,32H2,1-2H3,(H,35,40). The highest BCUT2D eigenvalue weighted by molar-refractivity contribution is 6.05. The molecule has 0 radical (unpaired) electrons. The summed E-state index contributed by atoms with van der Waals surface area (Å²) in [6.07, 6.45) is 3.20. The molecule has 2 aromatic carbocycles. The number of hydrogen-bond acceptors (Lipinski definition) is 6. The lowest BCUT2D eigenvalue weighted by molar-refractivity contribution is 0.102. The molecule has 4 heterocycles. The van der Waals surface area contributed by atoms with E-state index >= 15 is 4.39 Å². The Morgan fingerprint density at radius 1 is 1.22 bits per heavy atom. The van der Waals surface area contributed by atoms with Gasteiger partial charge in [-0.15, -0.1) is 0 Å². The topological polar surface area (TPSA) is 132 Å². The van der Waals surface area contributed by atoms with Crippen LogP contribution in [0.3, 0.4) is 0 Å². The molecule has 2 unspecified atom stereocenters. The van der Waals surface area contributed by atoms with Gasteiger partial charge in [0.25, 0.3) is 11.5 Å². The number of aliphatic hydroxyl groups is 1. The molecule has 5 N–H and O–H groups in total. The number of para-hydroxylation sites is 1. The highest BCUT2D eigenvalue weighted by Crippen LogP contribution is 2.25. The molecule has 10 nitrogen and oxygen atoms in total. The lowest BCUT2D eigenvalue weighted by Crippen LogP contribution is -2.47. The number of aliphatic hydroxyl groups excluding tert-OH is 1. The molecule has 2 aliphatic heterocycles. The minimum Gasteiger partial charge on any atom is -0.392 e. The Labute approximate surface area is 235 Å². The Morgan fingerprint density at radius 3 is 2.73 bits per heavy atom. The fraction of sp³-hybridized carbons (Fsp3) is 0.300. The number of halogens is 1. The third kappa shape index (κ3) is 4.71. The van der Waals surface area contributed by atoms with Gasteiger partial charge in [0.1, 0.15) is 28.9 Å². The van der Waals surface area contributed by atoms with Crippen LogP contribution in [-0.4, -0.2) is 37.2 Å². The SMILES string of the molecule is CC(O)Cn1cc(-c2ccc(NC(=O)c3c4n(n(-c5ccccc5)c3=O)CCCC4)cc2F)c2c1=NC(C)NC=2N. The van der Waals surface area contributed by atoms with Crippen molar-refractivity contribution >= 4 is 17.4 Å². The summed E-state index contributed by atoms with van der Waals surface area (Å²) in [5.74, 6) is -0.781. The number of amides is 1. The molecule has 0 spiro atoms. The number of benzene rings is 2. The second kappa shape index (κ2) is 10.4. The number of fused-ring (bicyclic) bond motifs is 2. The van der Waals surface area contributed by atoms with Crippen LogP contribution in [0.1, 0.15) is 42.7 Å². The van der Waals surface area contributed by atoms with Crippen LogP contribution >= 0.6 is 0 Å². The van der Waals surface area contributed by atoms with Gasteiger partial charge in [0, 0.05) is 36.1 Å². The van der Waals surface area contributed by atoms with Crippen LogP contribution in [0.4, 0.5) is 10.1 Å². The summed E-state index contributed by atoms with van der Waals surface area (Å²) in [5.41, 5.74) is 8.92. The van der Waals surface area contributed by atoms with Crippen molar-refractivity contribution in [2.75, 3.05) is 5.32 Å². The molecule has 11 heteroatoms. The van der Waals surface area contributed by atoms with E-state index in [9.17, 15) is 14.7 Å². The fourth-order valence-corrected chi connectivity index (χ4v) is 5.78. The van der Waals surface area contributed by atoms with Crippen molar-refractivity contribution in [2.24, 2.45) is 10.7 Å². The van der Waals surface area contributed by atoms with Crippen LogP contribution < -0.4 is 32.6 Å². The quantitative estimate of drug-likeness (QED) is 0.287. The van der Waals surface area contributed by atoms with Crippen molar-refractivity contribution in [3.05, 3.63) is 92.9 Å². The number of carbonyl (C=O) groups excluding carboxylic acids is 1. The number of carbonyl (C=O) groups is 1. The zero-order chi connectivity index (χ0) is 28.8. The molecule has 1 amide bonds. The van der Waals surface area contributed by atoms with Gasteiger partial charge in [0.15, 0.2) is 0 Å². The number of nitrogens with one attached hydrogen (secondary N) is 2. The number of aromatic nitrogens is 3. The molecule has 0 saturated heterocycles. The summed E-state index contributed by atoms with van der Waals surface area (Å²) < 4.78 is 20.8. The molecule has 212 valence electrons. The predicted octanol–water partition coefficient (Wildman–Crippen LogP) is 1.81. The van der Waals surface area contributed by atoms with Gasteiger partial charge in [-0.25, -0.2) is 14.1 Å². The number of nitrogens with zero attached hydrogens (tertiary/aromatic N) is 4. The maximum absolute atomic E-state index is 15.6. The molecule has 0 aliphatic carbocycles. The zero-order valence-corrected chi connectivity index (χ0v) is 22.9. The largest absolute Gasteiger partial charge is 0.392 e. The molecule has 4 aromatic rings. The molecule has 0 bridgehead atoms. The van der Waals surface area contributed by atoms with E-state index in [1.165, 1.54) is 6.07 Å². The maximum Gasteiger partial charge on any atom is 0.284 e. The van der Waals surface area contributed by atoms with E-state index in [1.54, 1.807) is 34.5 Å². The maximum atomic E-state index is 15.6. The molecule has 6 rings (SSSR count). The van der Waals surface area contributed by atoms with Gasteiger partial charge in [0.2, 0.25) is 0 Å². The lowest BCUT2D eigenvalue weighted by Gasteiger charge is -2.19. The first-order valence-electron chi connectivity index (χ1n) is 13.8. The molecule has 0 fully saturated rings. The predicted molar refractivity (Wildman–Crippen MR) is 153 cm³/mol. The second-order valence-electron chi connectivity index (χ2n) is 10.6. The smallest absolute Gasteiger partial charge is 0.284 e. The Morgan fingerprint density at radius 2 is 2.00 bits per heavy atom. The average molecular weight is 558 g/mol. The average Bonchev–Trinajstić information content (AvgIpc) is 3.43. The third-order valence-electron chi connectivity index (χ3n) is 7.49. The zero-order valence-electron chi connectivity index (χ0n) is 22.9. The van der Waals surface area contributed by atoms with E-state index in [0.29, 0.717) is 46.4 Å². The molecule has 0 saturated carbocycles. The molecule has 41 heavy (non-hydrogen) atoms. The van der Waals surface area contributed by atoms with Crippen molar-refractivity contribution in [1.29, 1.82) is 0 Å². The van der Waals surface area contributed by atoms with Crippen molar-refractivity contribution in [3.63, 3.8) is 0 Å². The van der Waals surface area contributed by atoms with Crippen molar-refractivity contribution in [2.45, 2.75) is 58.5 Å². The van der Waals surface area contributed by atoms with Gasteiger partial charge in [-0.3, -0.25) is 14.3 Å². The van der Waals surface area contributed by atoms with E-state index in [-0.39, 0.29) is 29.5 Å². The van der Waals surface area contributed by atoms with Crippen LogP contribution in [-0.2, 0) is 19.5 Å². The number of anilines is 1. The molecule has 2 aromatic heterocycles. The summed E-state index contributed by atoms with van der Waals surface area (Å²) in [6.45, 7) is 4.42. The van der Waals surface area contributed by atoms with Gasteiger partial charge in [-0.05, 0) is 63.4 Å². The summed E-state index contributed by atoms with van der Waals surface area (Å²) in [5, 5.41) is 16.4. The van der Waals surface area contributed by atoms with Crippen LogP contribution in [0, 0.1) is 5.82 Å². The highest BCUT2D eigenvalue weighted by Gasteiger charge is 2.28. The van der Waals surface area contributed by atoms with Crippen molar-refractivity contribution in [3.8, 4) is 16.8 Å². The van der Waals surface area contributed by atoms with Gasteiger partial charge < -0.3 is 26.0 Å². The van der Waals surface area contributed by atoms with E-state index in [2.05, 4.69) is 15.6 Å². The van der Waals surface area contributed by atoms with E-state index < -0.39 is 23.4 Å². The van der Waals surface area contributed by atoms with Crippen LogP contribution in [0.5, 0.6) is 0 Å². The molecule has 2 atom stereocenters. The Bertz CT molecular complexity index is 1840.